The van der Waals surface area contributed by atoms with Gasteiger partial charge in [-0.25, -0.2) is 0 Å². The van der Waals surface area contributed by atoms with Crippen LogP contribution in [0.1, 0.15) is 36.5 Å². The van der Waals surface area contributed by atoms with E-state index < -0.39 is 0 Å². The summed E-state index contributed by atoms with van der Waals surface area (Å²) in [5.41, 5.74) is 2.26. The van der Waals surface area contributed by atoms with Crippen LogP contribution in [-0.4, -0.2) is 5.11 Å². The van der Waals surface area contributed by atoms with Gasteiger partial charge in [0.2, 0.25) is 0 Å². The van der Waals surface area contributed by atoms with Crippen LogP contribution in [0.5, 0.6) is 0 Å². The maximum atomic E-state index is 10.0. The van der Waals surface area contributed by atoms with Crippen LogP contribution in [0.25, 0.3) is 0 Å². The third kappa shape index (κ3) is 1.86. The third-order valence-electron chi connectivity index (χ3n) is 3.12. The van der Waals surface area contributed by atoms with E-state index in [9.17, 15) is 5.11 Å². The van der Waals surface area contributed by atoms with Crippen molar-refractivity contribution in [1.29, 1.82) is 0 Å². The Balaban J connectivity index is 2.18. The predicted molar refractivity (Wildman–Crippen MR) is 61.2 cm³/mol. The van der Waals surface area contributed by atoms with E-state index in [-0.39, 0.29) is 6.10 Å². The molecule has 1 atom stereocenters. The van der Waals surface area contributed by atoms with Crippen molar-refractivity contribution >= 4 is 15.9 Å². The summed E-state index contributed by atoms with van der Waals surface area (Å²) in [7, 11) is 0. The minimum absolute atomic E-state index is 0.254. The fourth-order valence-electron chi connectivity index (χ4n) is 1.88. The van der Waals surface area contributed by atoms with E-state index in [4.69, 9.17) is 0 Å². The van der Waals surface area contributed by atoms with Crippen LogP contribution in [0.15, 0.2) is 22.7 Å². The van der Waals surface area contributed by atoms with E-state index in [2.05, 4.69) is 28.9 Å². The van der Waals surface area contributed by atoms with Crippen LogP contribution in [0, 0.1) is 12.8 Å². The highest BCUT2D eigenvalue weighted by atomic mass is 79.9. The molecule has 1 aromatic rings. The van der Waals surface area contributed by atoms with Gasteiger partial charge in [0.05, 0.1) is 6.10 Å². The molecule has 1 saturated carbocycles. The molecule has 14 heavy (non-hydrogen) atoms. The number of benzene rings is 1. The topological polar surface area (TPSA) is 20.2 Å². The summed E-state index contributed by atoms with van der Waals surface area (Å²) in [6.07, 6.45) is 3.37. The first-order chi connectivity index (χ1) is 6.68. The molecule has 0 amide bonds. The SMILES string of the molecule is Cc1cc(C(O)C2CCC2)ccc1Br. The van der Waals surface area contributed by atoms with Crippen molar-refractivity contribution in [2.45, 2.75) is 32.3 Å². The van der Waals surface area contributed by atoms with E-state index in [0.29, 0.717) is 5.92 Å². The number of aryl methyl sites for hydroxylation is 1. The zero-order chi connectivity index (χ0) is 10.1. The van der Waals surface area contributed by atoms with E-state index in [1.165, 1.54) is 24.8 Å². The highest BCUT2D eigenvalue weighted by molar-refractivity contribution is 9.10. The van der Waals surface area contributed by atoms with E-state index >= 15 is 0 Å². The van der Waals surface area contributed by atoms with Crippen molar-refractivity contribution in [3.8, 4) is 0 Å². The molecule has 2 rings (SSSR count). The average molecular weight is 255 g/mol. The number of hydrogen-bond acceptors (Lipinski definition) is 1. The maximum absolute atomic E-state index is 10.0. The lowest BCUT2D eigenvalue weighted by molar-refractivity contribution is 0.0620. The zero-order valence-electron chi connectivity index (χ0n) is 8.33. The molecule has 0 spiro atoms. The number of rotatable bonds is 2. The molecule has 0 bridgehead atoms. The van der Waals surface area contributed by atoms with Gasteiger partial charge in [-0.15, -0.1) is 0 Å². The van der Waals surface area contributed by atoms with Crippen LogP contribution in [-0.2, 0) is 0 Å². The molecule has 1 aromatic carbocycles. The van der Waals surface area contributed by atoms with Crippen LogP contribution < -0.4 is 0 Å². The molecule has 1 nitrogen and oxygen atoms in total. The Bertz CT molecular complexity index is 331. The van der Waals surface area contributed by atoms with Crippen molar-refractivity contribution in [2.75, 3.05) is 0 Å². The smallest absolute Gasteiger partial charge is 0.0818 e. The molecule has 1 fully saturated rings. The van der Waals surface area contributed by atoms with Crippen LogP contribution >= 0.6 is 15.9 Å². The maximum Gasteiger partial charge on any atom is 0.0818 e. The molecule has 0 saturated heterocycles. The second-order valence-electron chi connectivity index (χ2n) is 4.14. The Hall–Kier alpha value is -0.340. The summed E-state index contributed by atoms with van der Waals surface area (Å²) < 4.78 is 1.11. The van der Waals surface area contributed by atoms with Crippen LogP contribution in [0.4, 0.5) is 0 Å². The molecule has 76 valence electrons. The fourth-order valence-corrected chi connectivity index (χ4v) is 2.13. The Morgan fingerprint density at radius 1 is 1.43 bits per heavy atom. The van der Waals surface area contributed by atoms with Gasteiger partial charge in [-0.05, 0) is 42.9 Å². The summed E-state index contributed by atoms with van der Waals surface area (Å²) in [6, 6.07) is 6.11. The predicted octanol–water partition coefficient (Wildman–Crippen LogP) is 3.59. The Morgan fingerprint density at radius 3 is 2.64 bits per heavy atom. The number of aliphatic hydroxyl groups is 1. The third-order valence-corrected chi connectivity index (χ3v) is 4.01. The van der Waals surface area contributed by atoms with Crippen molar-refractivity contribution in [2.24, 2.45) is 5.92 Å². The second kappa shape index (κ2) is 4.03. The molecular weight excluding hydrogens is 240 g/mol. The minimum atomic E-state index is -0.254. The van der Waals surface area contributed by atoms with E-state index in [1.807, 2.05) is 12.1 Å². The Kier molecular flexibility index (Phi) is 2.93. The largest absolute Gasteiger partial charge is 0.388 e. The standard InChI is InChI=1S/C12H15BrO/c1-8-7-10(5-6-11(8)13)12(14)9-3-2-4-9/h5-7,9,12,14H,2-4H2,1H3. The first-order valence-corrected chi connectivity index (χ1v) is 5.92. The normalized spacial score (nSPS) is 19.1. The summed E-state index contributed by atoms with van der Waals surface area (Å²) in [5, 5.41) is 10.0. The van der Waals surface area contributed by atoms with Gasteiger partial charge in [0.15, 0.2) is 0 Å². The number of aliphatic hydroxyl groups excluding tert-OH is 1. The van der Waals surface area contributed by atoms with Crippen molar-refractivity contribution in [3.63, 3.8) is 0 Å². The van der Waals surface area contributed by atoms with E-state index in [1.54, 1.807) is 0 Å². The second-order valence-corrected chi connectivity index (χ2v) is 5.00. The number of halogens is 1. The van der Waals surface area contributed by atoms with Gasteiger partial charge in [-0.2, -0.15) is 0 Å². The van der Waals surface area contributed by atoms with Crippen molar-refractivity contribution in [3.05, 3.63) is 33.8 Å². The van der Waals surface area contributed by atoms with Crippen LogP contribution in [0.3, 0.4) is 0 Å². The lowest BCUT2D eigenvalue weighted by atomic mass is 9.78. The zero-order valence-corrected chi connectivity index (χ0v) is 9.92. The molecular formula is C12H15BrO. The van der Waals surface area contributed by atoms with Gasteiger partial charge in [0.1, 0.15) is 0 Å². The monoisotopic (exact) mass is 254 g/mol. The Morgan fingerprint density at radius 2 is 2.14 bits per heavy atom. The quantitative estimate of drug-likeness (QED) is 0.856. The van der Waals surface area contributed by atoms with E-state index in [0.717, 1.165) is 10.0 Å². The molecule has 0 aliphatic heterocycles. The molecule has 1 aliphatic carbocycles. The molecule has 0 heterocycles. The minimum Gasteiger partial charge on any atom is -0.388 e. The first-order valence-electron chi connectivity index (χ1n) is 5.12. The number of hydrogen-bond donors (Lipinski definition) is 1. The Labute approximate surface area is 93.3 Å². The average Bonchev–Trinajstić information content (AvgIpc) is 2.06. The van der Waals surface area contributed by atoms with Gasteiger partial charge < -0.3 is 5.11 Å². The lowest BCUT2D eigenvalue weighted by Crippen LogP contribution is -2.19. The van der Waals surface area contributed by atoms with Crippen LogP contribution in [0.2, 0.25) is 0 Å². The summed E-state index contributed by atoms with van der Waals surface area (Å²) >= 11 is 3.46. The highest BCUT2D eigenvalue weighted by Crippen LogP contribution is 2.38. The lowest BCUT2D eigenvalue weighted by Gasteiger charge is -2.30. The molecule has 0 radical (unpaired) electrons. The van der Waals surface area contributed by atoms with Crippen molar-refractivity contribution < 1.29 is 5.11 Å². The van der Waals surface area contributed by atoms with Crippen molar-refractivity contribution in [1.82, 2.24) is 0 Å². The van der Waals surface area contributed by atoms with Gasteiger partial charge in [-0.1, -0.05) is 34.5 Å². The fraction of sp³-hybridized carbons (Fsp3) is 0.500. The molecule has 2 heteroatoms. The summed E-state index contributed by atoms with van der Waals surface area (Å²) in [4.78, 5) is 0. The first kappa shape index (κ1) is 10.2. The van der Waals surface area contributed by atoms with Gasteiger partial charge >= 0.3 is 0 Å². The van der Waals surface area contributed by atoms with Gasteiger partial charge in [0.25, 0.3) is 0 Å². The molecule has 1 unspecified atom stereocenters. The summed E-state index contributed by atoms with van der Waals surface area (Å²) in [5.74, 6) is 0.496. The molecule has 0 aromatic heterocycles. The molecule has 1 N–H and O–H groups in total. The molecule has 1 aliphatic rings. The van der Waals surface area contributed by atoms with Gasteiger partial charge in [-0.3, -0.25) is 0 Å². The summed E-state index contributed by atoms with van der Waals surface area (Å²) in [6.45, 7) is 2.06. The van der Waals surface area contributed by atoms with Gasteiger partial charge in [0, 0.05) is 4.47 Å². The highest BCUT2D eigenvalue weighted by Gasteiger charge is 2.26.